The summed E-state index contributed by atoms with van der Waals surface area (Å²) in [5, 5.41) is 3.95. The third kappa shape index (κ3) is 2.72. The molecule has 2 saturated carbocycles. The number of nitrogens with zero attached hydrogens (tertiary/aromatic N) is 1. The highest BCUT2D eigenvalue weighted by molar-refractivity contribution is 7.15. The lowest BCUT2D eigenvalue weighted by Gasteiger charge is -2.01. The van der Waals surface area contributed by atoms with Crippen LogP contribution in [0, 0.1) is 11.6 Å². The zero-order chi connectivity index (χ0) is 14.4. The molecule has 110 valence electrons. The van der Waals surface area contributed by atoms with Gasteiger partial charge in [-0.2, -0.15) is 0 Å². The first-order chi connectivity index (χ1) is 10.2. The van der Waals surface area contributed by atoms with Gasteiger partial charge in [0.25, 0.3) is 0 Å². The fourth-order valence-electron chi connectivity index (χ4n) is 2.50. The molecule has 0 radical (unpaired) electrons. The van der Waals surface area contributed by atoms with E-state index < -0.39 is 11.6 Å². The van der Waals surface area contributed by atoms with Crippen LogP contribution in [0.3, 0.4) is 0 Å². The maximum Gasteiger partial charge on any atom is 0.136 e. The van der Waals surface area contributed by atoms with Crippen molar-refractivity contribution >= 4 is 11.3 Å². The van der Waals surface area contributed by atoms with Gasteiger partial charge < -0.3 is 5.32 Å². The van der Waals surface area contributed by atoms with Gasteiger partial charge in [0.05, 0.1) is 11.3 Å². The molecule has 0 aliphatic heterocycles. The van der Waals surface area contributed by atoms with E-state index in [1.807, 2.05) is 0 Å². The highest BCUT2D eigenvalue weighted by atomic mass is 32.1. The lowest BCUT2D eigenvalue weighted by molar-refractivity contribution is 0.589. The second kappa shape index (κ2) is 5.14. The normalized spacial score (nSPS) is 18.2. The van der Waals surface area contributed by atoms with E-state index in [0.717, 1.165) is 30.0 Å². The van der Waals surface area contributed by atoms with Gasteiger partial charge in [0, 0.05) is 23.4 Å². The van der Waals surface area contributed by atoms with Crippen LogP contribution in [0.4, 0.5) is 8.78 Å². The average Bonchev–Trinajstić information content (AvgIpc) is 3.36. The second-order valence-electron chi connectivity index (χ2n) is 5.85. The van der Waals surface area contributed by atoms with Gasteiger partial charge in [-0.05, 0) is 37.8 Å². The van der Waals surface area contributed by atoms with Crippen molar-refractivity contribution in [1.29, 1.82) is 0 Å². The Labute approximate surface area is 126 Å². The fourth-order valence-corrected chi connectivity index (χ4v) is 3.65. The van der Waals surface area contributed by atoms with Gasteiger partial charge in [0.2, 0.25) is 0 Å². The van der Waals surface area contributed by atoms with Gasteiger partial charge in [0.15, 0.2) is 0 Å². The molecule has 0 spiro atoms. The minimum atomic E-state index is -0.534. The van der Waals surface area contributed by atoms with Crippen LogP contribution in [-0.2, 0) is 6.54 Å². The zero-order valence-corrected chi connectivity index (χ0v) is 12.4. The summed E-state index contributed by atoms with van der Waals surface area (Å²) in [6, 6.07) is 4.59. The quantitative estimate of drug-likeness (QED) is 0.894. The Morgan fingerprint density at radius 1 is 1.14 bits per heavy atom. The van der Waals surface area contributed by atoms with Crippen molar-refractivity contribution < 1.29 is 8.78 Å². The van der Waals surface area contributed by atoms with Crippen molar-refractivity contribution in [2.75, 3.05) is 0 Å². The molecule has 2 aromatic rings. The summed E-state index contributed by atoms with van der Waals surface area (Å²) < 4.78 is 27.9. The molecule has 0 atom stereocenters. The van der Waals surface area contributed by atoms with E-state index in [4.69, 9.17) is 0 Å². The topological polar surface area (TPSA) is 24.9 Å². The maximum absolute atomic E-state index is 13.9. The molecule has 21 heavy (non-hydrogen) atoms. The first kappa shape index (κ1) is 13.3. The number of hydrogen-bond donors (Lipinski definition) is 1. The van der Waals surface area contributed by atoms with Crippen molar-refractivity contribution in [1.82, 2.24) is 10.3 Å². The van der Waals surface area contributed by atoms with E-state index in [-0.39, 0.29) is 5.56 Å². The van der Waals surface area contributed by atoms with Crippen LogP contribution in [0.15, 0.2) is 18.2 Å². The Morgan fingerprint density at radius 3 is 2.48 bits per heavy atom. The first-order valence-electron chi connectivity index (χ1n) is 7.39. The molecule has 2 aliphatic rings. The molecule has 0 bridgehead atoms. The molecule has 2 aliphatic carbocycles. The van der Waals surface area contributed by atoms with Crippen molar-refractivity contribution in [3.63, 3.8) is 0 Å². The summed E-state index contributed by atoms with van der Waals surface area (Å²) in [7, 11) is 0. The highest BCUT2D eigenvalue weighted by Gasteiger charge is 2.31. The Kier molecular flexibility index (Phi) is 3.27. The number of nitrogens with one attached hydrogen (secondary N) is 1. The molecule has 0 saturated heterocycles. The van der Waals surface area contributed by atoms with Crippen LogP contribution in [0.5, 0.6) is 0 Å². The molecule has 2 nitrogen and oxygen atoms in total. The van der Waals surface area contributed by atoms with Crippen LogP contribution < -0.4 is 5.32 Å². The predicted molar refractivity (Wildman–Crippen MR) is 79.3 cm³/mol. The Bertz CT molecular complexity index is 655. The monoisotopic (exact) mass is 306 g/mol. The molecule has 0 unspecified atom stereocenters. The predicted octanol–water partition coefficient (Wildman–Crippen LogP) is 4.22. The lowest BCUT2D eigenvalue weighted by atomic mass is 10.2. The van der Waals surface area contributed by atoms with E-state index in [2.05, 4.69) is 10.3 Å². The third-order valence-corrected chi connectivity index (χ3v) is 5.09. The molecule has 1 N–H and O–H groups in total. The van der Waals surface area contributed by atoms with E-state index in [1.54, 1.807) is 0 Å². The standard InChI is InChI=1S/C16H16F2N2S/c17-11-2-1-3-12(18)14(11)16-20-15(9-4-5-9)13(21-16)8-19-10-6-7-10/h1-3,9-10,19H,4-8H2. The SMILES string of the molecule is Fc1cccc(F)c1-c1nc(C2CC2)c(CNC2CC2)s1. The van der Waals surface area contributed by atoms with E-state index in [1.165, 1.54) is 42.4 Å². The minimum Gasteiger partial charge on any atom is -0.309 e. The fraction of sp³-hybridized carbons (Fsp3) is 0.438. The lowest BCUT2D eigenvalue weighted by Crippen LogP contribution is -2.15. The number of halogens is 2. The number of rotatable bonds is 5. The van der Waals surface area contributed by atoms with Gasteiger partial charge in [-0.15, -0.1) is 11.3 Å². The number of benzene rings is 1. The summed E-state index contributed by atoms with van der Waals surface area (Å²) in [5.41, 5.74) is 1.06. The smallest absolute Gasteiger partial charge is 0.136 e. The van der Waals surface area contributed by atoms with Gasteiger partial charge in [-0.25, -0.2) is 13.8 Å². The van der Waals surface area contributed by atoms with Crippen LogP contribution in [0.25, 0.3) is 10.6 Å². The molecule has 4 rings (SSSR count). The molecule has 1 aromatic carbocycles. The molecular weight excluding hydrogens is 290 g/mol. The van der Waals surface area contributed by atoms with E-state index >= 15 is 0 Å². The Morgan fingerprint density at radius 2 is 1.86 bits per heavy atom. The molecule has 0 amide bonds. The second-order valence-corrected chi connectivity index (χ2v) is 6.94. The zero-order valence-electron chi connectivity index (χ0n) is 11.5. The third-order valence-electron chi connectivity index (χ3n) is 4.00. The van der Waals surface area contributed by atoms with Crippen molar-refractivity contribution in [2.24, 2.45) is 0 Å². The Balaban J connectivity index is 1.70. The van der Waals surface area contributed by atoms with Crippen molar-refractivity contribution in [3.05, 3.63) is 40.4 Å². The average molecular weight is 306 g/mol. The minimum absolute atomic E-state index is 0.0158. The summed E-state index contributed by atoms with van der Waals surface area (Å²) >= 11 is 1.43. The van der Waals surface area contributed by atoms with Gasteiger partial charge in [0.1, 0.15) is 16.6 Å². The summed E-state index contributed by atoms with van der Waals surface area (Å²) in [6.45, 7) is 0.768. The Hall–Kier alpha value is -1.33. The van der Waals surface area contributed by atoms with Crippen LogP contribution in [-0.4, -0.2) is 11.0 Å². The van der Waals surface area contributed by atoms with E-state index in [0.29, 0.717) is 17.0 Å². The first-order valence-corrected chi connectivity index (χ1v) is 8.21. The number of aromatic nitrogens is 1. The summed E-state index contributed by atoms with van der Waals surface area (Å²) in [4.78, 5) is 5.70. The molecule has 2 fully saturated rings. The van der Waals surface area contributed by atoms with Crippen LogP contribution in [0.2, 0.25) is 0 Å². The van der Waals surface area contributed by atoms with Crippen molar-refractivity contribution in [2.45, 2.75) is 44.2 Å². The molecular formula is C16H16F2N2S. The molecule has 1 heterocycles. The van der Waals surface area contributed by atoms with Crippen molar-refractivity contribution in [3.8, 4) is 10.6 Å². The highest BCUT2D eigenvalue weighted by Crippen LogP contribution is 2.44. The van der Waals surface area contributed by atoms with Crippen LogP contribution >= 0.6 is 11.3 Å². The molecule has 1 aromatic heterocycles. The van der Waals surface area contributed by atoms with Crippen LogP contribution in [0.1, 0.15) is 42.2 Å². The summed E-state index contributed by atoms with van der Waals surface area (Å²) in [6.07, 6.45) is 4.73. The summed E-state index contributed by atoms with van der Waals surface area (Å²) in [5.74, 6) is -0.582. The molecule has 5 heteroatoms. The number of hydrogen-bond acceptors (Lipinski definition) is 3. The number of thiazole rings is 1. The van der Waals surface area contributed by atoms with Gasteiger partial charge in [-0.3, -0.25) is 0 Å². The maximum atomic E-state index is 13.9. The van der Waals surface area contributed by atoms with Gasteiger partial charge in [-0.1, -0.05) is 6.07 Å². The van der Waals surface area contributed by atoms with E-state index in [9.17, 15) is 8.78 Å². The van der Waals surface area contributed by atoms with Gasteiger partial charge >= 0.3 is 0 Å². The largest absolute Gasteiger partial charge is 0.309 e.